The van der Waals surface area contributed by atoms with Crippen molar-refractivity contribution in [2.45, 2.75) is 32.7 Å². The minimum Gasteiger partial charge on any atom is -0.494 e. The molecule has 3 aromatic heterocycles. The first-order valence-corrected chi connectivity index (χ1v) is 12.9. The fourth-order valence-corrected chi connectivity index (χ4v) is 4.53. The maximum absolute atomic E-state index is 5.80. The lowest BCUT2D eigenvalue weighted by molar-refractivity contribution is -0.0177. The van der Waals surface area contributed by atoms with Gasteiger partial charge in [-0.15, -0.1) is 0 Å². The monoisotopic (exact) mass is 514 g/mol. The zero-order valence-corrected chi connectivity index (χ0v) is 22.1. The Hall–Kier alpha value is -4.02. The van der Waals surface area contributed by atoms with Crippen LogP contribution in [0.15, 0.2) is 55.1 Å². The maximum atomic E-state index is 5.80. The highest BCUT2D eigenvalue weighted by molar-refractivity contribution is 5.79. The summed E-state index contributed by atoms with van der Waals surface area (Å²) in [5.74, 6) is 2.75. The van der Waals surface area contributed by atoms with Crippen LogP contribution in [0.2, 0.25) is 0 Å². The molecule has 10 nitrogen and oxygen atoms in total. The number of methoxy groups -OCH3 is 1. The lowest BCUT2D eigenvalue weighted by Crippen LogP contribution is -2.32. The Bertz CT molecular complexity index is 1350. The molecule has 2 N–H and O–H groups in total. The number of aryl methyl sites for hydroxylation is 2. The van der Waals surface area contributed by atoms with Gasteiger partial charge in [0, 0.05) is 50.9 Å². The van der Waals surface area contributed by atoms with Crippen molar-refractivity contribution in [3.63, 3.8) is 0 Å². The average molecular weight is 515 g/mol. The molecular weight excluding hydrogens is 480 g/mol. The molecule has 0 bridgehead atoms. The molecule has 5 rings (SSSR count). The third-order valence-electron chi connectivity index (χ3n) is 6.36. The predicted octanol–water partition coefficient (Wildman–Crippen LogP) is 4.90. The second-order valence-corrected chi connectivity index (χ2v) is 9.35. The molecule has 0 unspecified atom stereocenters. The van der Waals surface area contributed by atoms with Crippen LogP contribution >= 0.6 is 0 Å². The Kier molecular flexibility index (Phi) is 8.10. The topological polar surface area (TPSA) is 102 Å². The molecule has 1 saturated heterocycles. The van der Waals surface area contributed by atoms with Crippen molar-refractivity contribution in [3.05, 3.63) is 66.2 Å². The molecule has 0 spiro atoms. The molecule has 0 amide bonds. The molecule has 0 saturated carbocycles. The quantitative estimate of drug-likeness (QED) is 0.306. The second kappa shape index (κ2) is 12.0. The van der Waals surface area contributed by atoms with E-state index in [0.717, 1.165) is 72.8 Å². The highest BCUT2D eigenvalue weighted by atomic mass is 16.5. The summed E-state index contributed by atoms with van der Waals surface area (Å²) in [6, 6.07) is 12.0. The van der Waals surface area contributed by atoms with Crippen LogP contribution in [0.4, 0.5) is 23.0 Å². The number of pyridine rings is 2. The number of hydrogen-bond acceptors (Lipinski definition) is 9. The van der Waals surface area contributed by atoms with Crippen molar-refractivity contribution < 1.29 is 9.47 Å². The fraction of sp³-hybridized carbons (Fsp3) is 0.357. The second-order valence-electron chi connectivity index (χ2n) is 9.35. The van der Waals surface area contributed by atoms with E-state index >= 15 is 0 Å². The molecular formula is C28H34N8O2. The van der Waals surface area contributed by atoms with E-state index in [4.69, 9.17) is 9.47 Å². The van der Waals surface area contributed by atoms with E-state index in [0.29, 0.717) is 24.1 Å². The van der Waals surface area contributed by atoms with Gasteiger partial charge in [-0.1, -0.05) is 25.5 Å². The molecule has 0 atom stereocenters. The standard InChI is InChI=1S/C28H34N8O2/c1-4-7-21-16-30-26(33-25-11-10-20(15-29-25)17-36-12-6-13-38-19-36)14-24(21)32-23-9-5-8-22(27(23)37-3)28-31-18-35(2)34-28/h5,8-11,14-16,18H,4,6-7,12-13,17,19H2,1-3H3,(H2,29,30,32,33). The molecule has 1 aliphatic heterocycles. The summed E-state index contributed by atoms with van der Waals surface area (Å²) in [5.41, 5.74) is 4.88. The van der Waals surface area contributed by atoms with Gasteiger partial charge in [0.05, 0.1) is 25.1 Å². The van der Waals surface area contributed by atoms with E-state index in [-0.39, 0.29) is 0 Å². The van der Waals surface area contributed by atoms with E-state index in [1.165, 1.54) is 0 Å². The highest BCUT2D eigenvalue weighted by Gasteiger charge is 2.16. The van der Waals surface area contributed by atoms with Crippen molar-refractivity contribution in [3.8, 4) is 17.1 Å². The summed E-state index contributed by atoms with van der Waals surface area (Å²) >= 11 is 0. The Morgan fingerprint density at radius 1 is 1.03 bits per heavy atom. The number of rotatable bonds is 10. The number of nitrogens with zero attached hydrogens (tertiary/aromatic N) is 6. The first-order chi connectivity index (χ1) is 18.6. The normalized spacial score (nSPS) is 13.9. The number of hydrogen-bond donors (Lipinski definition) is 2. The van der Waals surface area contributed by atoms with Crippen LogP contribution in [0.1, 0.15) is 30.9 Å². The Morgan fingerprint density at radius 3 is 2.63 bits per heavy atom. The van der Waals surface area contributed by atoms with Crippen LogP contribution in [0.25, 0.3) is 11.4 Å². The molecule has 0 aliphatic carbocycles. The van der Waals surface area contributed by atoms with Crippen molar-refractivity contribution in [1.29, 1.82) is 0 Å². The van der Waals surface area contributed by atoms with Gasteiger partial charge in [-0.05, 0) is 42.2 Å². The van der Waals surface area contributed by atoms with Crippen LogP contribution in [0.3, 0.4) is 0 Å². The van der Waals surface area contributed by atoms with Crippen LogP contribution in [-0.4, -0.2) is 56.6 Å². The van der Waals surface area contributed by atoms with Crippen LogP contribution in [-0.2, 0) is 24.8 Å². The third-order valence-corrected chi connectivity index (χ3v) is 6.36. The molecule has 1 aliphatic rings. The molecule has 198 valence electrons. The van der Waals surface area contributed by atoms with E-state index in [1.54, 1.807) is 18.1 Å². The van der Waals surface area contributed by atoms with Gasteiger partial charge >= 0.3 is 0 Å². The van der Waals surface area contributed by atoms with Gasteiger partial charge < -0.3 is 20.1 Å². The number of nitrogens with one attached hydrogen (secondary N) is 2. The molecule has 0 radical (unpaired) electrons. The molecule has 1 aromatic carbocycles. The van der Waals surface area contributed by atoms with Crippen molar-refractivity contribution in [2.24, 2.45) is 7.05 Å². The van der Waals surface area contributed by atoms with Gasteiger partial charge in [-0.2, -0.15) is 5.10 Å². The lowest BCUT2D eigenvalue weighted by atomic mass is 10.1. The van der Waals surface area contributed by atoms with Crippen molar-refractivity contribution >= 4 is 23.0 Å². The van der Waals surface area contributed by atoms with Crippen molar-refractivity contribution in [1.82, 2.24) is 29.6 Å². The summed E-state index contributed by atoms with van der Waals surface area (Å²) < 4.78 is 13.0. The summed E-state index contributed by atoms with van der Waals surface area (Å²) in [7, 11) is 3.51. The summed E-state index contributed by atoms with van der Waals surface area (Å²) in [6.45, 7) is 5.56. The Labute approximate surface area is 223 Å². The van der Waals surface area contributed by atoms with E-state index in [2.05, 4.69) is 48.6 Å². The summed E-state index contributed by atoms with van der Waals surface area (Å²) in [5, 5.41) is 11.4. The predicted molar refractivity (Wildman–Crippen MR) is 148 cm³/mol. The van der Waals surface area contributed by atoms with Gasteiger partial charge in [0.2, 0.25) is 0 Å². The van der Waals surface area contributed by atoms with E-state index in [9.17, 15) is 0 Å². The summed E-state index contributed by atoms with van der Waals surface area (Å²) in [4.78, 5) is 15.9. The highest BCUT2D eigenvalue weighted by Crippen LogP contribution is 2.37. The van der Waals surface area contributed by atoms with E-state index < -0.39 is 0 Å². The smallest absolute Gasteiger partial charge is 0.184 e. The van der Waals surface area contributed by atoms with Crippen LogP contribution in [0.5, 0.6) is 5.75 Å². The van der Waals surface area contributed by atoms with Gasteiger partial charge in [-0.25, -0.2) is 15.0 Å². The number of benzene rings is 1. The Morgan fingerprint density at radius 2 is 1.92 bits per heavy atom. The van der Waals surface area contributed by atoms with Crippen LogP contribution in [0, 0.1) is 0 Å². The molecule has 1 fully saturated rings. The van der Waals surface area contributed by atoms with Gasteiger partial charge in [0.1, 0.15) is 18.0 Å². The molecule has 4 aromatic rings. The summed E-state index contributed by atoms with van der Waals surface area (Å²) in [6.07, 6.45) is 8.46. The number of para-hydroxylation sites is 1. The number of ether oxygens (including phenoxy) is 2. The minimum absolute atomic E-state index is 0.612. The van der Waals surface area contributed by atoms with Gasteiger partial charge in [-0.3, -0.25) is 9.58 Å². The SMILES string of the molecule is CCCc1cnc(Nc2ccc(CN3CCCOC3)cn2)cc1Nc1cccc(-c2ncn(C)n2)c1OC. The van der Waals surface area contributed by atoms with Crippen LogP contribution < -0.4 is 15.4 Å². The first-order valence-electron chi connectivity index (χ1n) is 12.9. The molecule has 4 heterocycles. The lowest BCUT2D eigenvalue weighted by Gasteiger charge is -2.26. The van der Waals surface area contributed by atoms with E-state index in [1.807, 2.05) is 49.8 Å². The third kappa shape index (κ3) is 6.09. The van der Waals surface area contributed by atoms with Gasteiger partial charge in [0.15, 0.2) is 11.6 Å². The molecule has 38 heavy (non-hydrogen) atoms. The van der Waals surface area contributed by atoms with Gasteiger partial charge in [0.25, 0.3) is 0 Å². The zero-order valence-electron chi connectivity index (χ0n) is 22.1. The van der Waals surface area contributed by atoms with Crippen molar-refractivity contribution in [2.75, 3.05) is 37.6 Å². The largest absolute Gasteiger partial charge is 0.494 e. The first kappa shape index (κ1) is 25.6. The minimum atomic E-state index is 0.612. The maximum Gasteiger partial charge on any atom is 0.184 e. The zero-order chi connectivity index (χ0) is 26.3. The average Bonchev–Trinajstić information content (AvgIpc) is 3.38. The number of aromatic nitrogens is 5. The fourth-order valence-electron chi connectivity index (χ4n) is 4.53. The number of anilines is 4. The Balaban J connectivity index is 1.36. The molecule has 10 heteroatoms.